The van der Waals surface area contributed by atoms with Crippen molar-refractivity contribution in [1.82, 2.24) is 10.1 Å². The summed E-state index contributed by atoms with van der Waals surface area (Å²) >= 11 is 0. The van der Waals surface area contributed by atoms with Crippen molar-refractivity contribution in [3.63, 3.8) is 0 Å². The fourth-order valence-corrected chi connectivity index (χ4v) is 2.96. The molecule has 0 aliphatic carbocycles. The summed E-state index contributed by atoms with van der Waals surface area (Å²) < 4.78 is 32.5. The van der Waals surface area contributed by atoms with E-state index in [1.54, 1.807) is 6.07 Å². The maximum Gasteiger partial charge on any atom is 0.338 e. The Morgan fingerprint density at radius 3 is 2.80 bits per heavy atom. The molecule has 0 atom stereocenters. The number of rotatable bonds is 7. The summed E-state index contributed by atoms with van der Waals surface area (Å²) in [6, 6.07) is 10.4. The average Bonchev–Trinajstić information content (AvgIpc) is 3.26. The lowest BCUT2D eigenvalue weighted by atomic mass is 10.1. The van der Waals surface area contributed by atoms with Gasteiger partial charge < -0.3 is 28.2 Å². The first-order valence-electron chi connectivity index (χ1n) is 9.39. The van der Waals surface area contributed by atoms with Crippen LogP contribution in [0, 0.1) is 0 Å². The molecule has 4 rings (SSSR count). The number of fused-ring (bicyclic) bond motifs is 1. The number of hydrogen-bond donors (Lipinski definition) is 0. The Morgan fingerprint density at radius 2 is 1.97 bits per heavy atom. The molecule has 9 heteroatoms. The average molecular weight is 412 g/mol. The lowest BCUT2D eigenvalue weighted by Gasteiger charge is -2.21. The molecule has 1 aromatic heterocycles. The van der Waals surface area contributed by atoms with Crippen molar-refractivity contribution < 1.29 is 33.0 Å². The van der Waals surface area contributed by atoms with Gasteiger partial charge in [-0.25, -0.2) is 4.79 Å². The highest BCUT2D eigenvalue weighted by Gasteiger charge is 2.22. The van der Waals surface area contributed by atoms with Crippen LogP contribution in [-0.2, 0) is 11.3 Å². The van der Waals surface area contributed by atoms with E-state index in [1.807, 2.05) is 31.2 Å². The lowest BCUT2D eigenvalue weighted by Crippen LogP contribution is -2.17. The van der Waals surface area contributed by atoms with E-state index in [0.717, 1.165) is 0 Å². The predicted molar refractivity (Wildman–Crippen MR) is 104 cm³/mol. The third-order valence-electron chi connectivity index (χ3n) is 4.29. The Hall–Kier alpha value is -3.75. The molecule has 0 saturated heterocycles. The molecule has 0 radical (unpaired) electrons. The zero-order chi connectivity index (χ0) is 20.9. The smallest absolute Gasteiger partial charge is 0.338 e. The van der Waals surface area contributed by atoms with Gasteiger partial charge in [0.1, 0.15) is 19.0 Å². The van der Waals surface area contributed by atoms with Crippen molar-refractivity contribution >= 4 is 5.97 Å². The van der Waals surface area contributed by atoms with Gasteiger partial charge in [-0.05, 0) is 31.2 Å². The van der Waals surface area contributed by atoms with Gasteiger partial charge in [0.05, 0.1) is 24.8 Å². The number of carbonyl (C=O) groups is 1. The van der Waals surface area contributed by atoms with Crippen LogP contribution in [-0.4, -0.2) is 43.0 Å². The predicted octanol–water partition coefficient (Wildman–Crippen LogP) is 3.27. The summed E-state index contributed by atoms with van der Waals surface area (Å²) in [5, 5.41) is 3.95. The molecule has 0 bridgehead atoms. The Balaban J connectivity index is 1.47. The van der Waals surface area contributed by atoms with Gasteiger partial charge in [0.15, 0.2) is 18.1 Å². The topological polar surface area (TPSA) is 102 Å². The van der Waals surface area contributed by atoms with E-state index in [1.165, 1.54) is 13.2 Å². The summed E-state index contributed by atoms with van der Waals surface area (Å²) in [4.78, 5) is 16.8. The second kappa shape index (κ2) is 8.73. The highest BCUT2D eigenvalue weighted by molar-refractivity contribution is 5.91. The van der Waals surface area contributed by atoms with Crippen LogP contribution in [0.25, 0.3) is 11.4 Å². The number of nitrogens with zero attached hydrogens (tertiary/aromatic N) is 2. The summed E-state index contributed by atoms with van der Waals surface area (Å²) in [7, 11) is 1.49. The third kappa shape index (κ3) is 4.00. The van der Waals surface area contributed by atoms with Gasteiger partial charge in [0.25, 0.3) is 5.89 Å². The van der Waals surface area contributed by atoms with Crippen LogP contribution in [0.3, 0.4) is 0 Å². The minimum absolute atomic E-state index is 0.161. The summed E-state index contributed by atoms with van der Waals surface area (Å²) in [5.74, 6) is 1.87. The lowest BCUT2D eigenvalue weighted by molar-refractivity contribution is 0.0428. The van der Waals surface area contributed by atoms with Crippen LogP contribution in [0.2, 0.25) is 0 Å². The molecule has 30 heavy (non-hydrogen) atoms. The van der Waals surface area contributed by atoms with E-state index in [2.05, 4.69) is 10.1 Å². The maximum atomic E-state index is 12.5. The van der Waals surface area contributed by atoms with Crippen LogP contribution in [0.15, 0.2) is 40.9 Å². The zero-order valence-electron chi connectivity index (χ0n) is 16.5. The third-order valence-corrected chi connectivity index (χ3v) is 4.29. The van der Waals surface area contributed by atoms with Gasteiger partial charge in [-0.1, -0.05) is 17.3 Å². The van der Waals surface area contributed by atoms with Crippen molar-refractivity contribution in [2.75, 3.05) is 26.9 Å². The Morgan fingerprint density at radius 1 is 1.13 bits per heavy atom. The van der Waals surface area contributed by atoms with Crippen molar-refractivity contribution in [1.29, 1.82) is 0 Å². The van der Waals surface area contributed by atoms with E-state index in [-0.39, 0.29) is 18.1 Å². The van der Waals surface area contributed by atoms with Crippen LogP contribution >= 0.6 is 0 Å². The summed E-state index contributed by atoms with van der Waals surface area (Å²) in [6.07, 6.45) is 0. The van der Waals surface area contributed by atoms with Gasteiger partial charge in [0.2, 0.25) is 11.6 Å². The zero-order valence-corrected chi connectivity index (χ0v) is 16.5. The minimum Gasteiger partial charge on any atom is -0.493 e. The summed E-state index contributed by atoms with van der Waals surface area (Å²) in [6.45, 7) is 3.03. The number of ether oxygens (including phenoxy) is 5. The molecule has 1 aliphatic rings. The second-order valence-electron chi connectivity index (χ2n) is 6.22. The van der Waals surface area contributed by atoms with Gasteiger partial charge in [0, 0.05) is 0 Å². The Labute approximate surface area is 172 Å². The number of methoxy groups -OCH3 is 1. The molecule has 0 N–H and O–H groups in total. The quantitative estimate of drug-likeness (QED) is 0.541. The Bertz CT molecular complexity index is 1030. The number of hydrogen-bond acceptors (Lipinski definition) is 9. The number of benzene rings is 2. The number of carbonyl (C=O) groups excluding carboxylic acids is 1. The van der Waals surface area contributed by atoms with Crippen molar-refractivity contribution in [2.24, 2.45) is 0 Å². The minimum atomic E-state index is -0.584. The highest BCUT2D eigenvalue weighted by Crippen LogP contribution is 2.40. The number of aromatic nitrogens is 2. The molecular weight excluding hydrogens is 392 g/mol. The number of para-hydroxylation sites is 1. The normalized spacial score (nSPS) is 12.3. The molecule has 2 heterocycles. The van der Waals surface area contributed by atoms with Crippen molar-refractivity contribution in [3.05, 3.63) is 47.9 Å². The molecule has 156 valence electrons. The monoisotopic (exact) mass is 412 g/mol. The largest absolute Gasteiger partial charge is 0.493 e. The molecule has 3 aromatic rings. The molecule has 0 spiro atoms. The van der Waals surface area contributed by atoms with Crippen molar-refractivity contribution in [3.8, 4) is 34.4 Å². The van der Waals surface area contributed by atoms with Gasteiger partial charge in [-0.2, -0.15) is 4.98 Å². The van der Waals surface area contributed by atoms with E-state index in [4.69, 9.17) is 28.2 Å². The van der Waals surface area contributed by atoms with E-state index in [9.17, 15) is 4.79 Å². The highest BCUT2D eigenvalue weighted by atomic mass is 16.6. The van der Waals surface area contributed by atoms with Crippen molar-refractivity contribution in [2.45, 2.75) is 13.5 Å². The van der Waals surface area contributed by atoms with Crippen LogP contribution in [0.5, 0.6) is 23.0 Å². The molecule has 9 nitrogen and oxygen atoms in total. The van der Waals surface area contributed by atoms with E-state index >= 15 is 0 Å². The first kappa shape index (κ1) is 19.6. The maximum absolute atomic E-state index is 12.5. The molecule has 0 fully saturated rings. The first-order chi connectivity index (χ1) is 14.7. The van der Waals surface area contributed by atoms with Gasteiger partial charge in [-0.15, -0.1) is 0 Å². The molecular formula is C21H20N2O7. The molecule has 0 unspecified atom stereocenters. The van der Waals surface area contributed by atoms with Gasteiger partial charge >= 0.3 is 5.97 Å². The van der Waals surface area contributed by atoms with Crippen LogP contribution in [0.1, 0.15) is 23.2 Å². The fourth-order valence-electron chi connectivity index (χ4n) is 2.96. The van der Waals surface area contributed by atoms with Gasteiger partial charge in [-0.3, -0.25) is 0 Å². The molecule has 1 aliphatic heterocycles. The second-order valence-corrected chi connectivity index (χ2v) is 6.22. The SMILES string of the molecule is CCOc1ccccc1-c1noc(COC(=O)c2cc(OC)c3c(c2)OCCO3)n1. The molecule has 0 saturated carbocycles. The molecule has 0 amide bonds. The fraction of sp³-hybridized carbons (Fsp3) is 0.286. The van der Waals surface area contributed by atoms with E-state index < -0.39 is 5.97 Å². The van der Waals surface area contributed by atoms with Crippen LogP contribution < -0.4 is 18.9 Å². The van der Waals surface area contributed by atoms with E-state index in [0.29, 0.717) is 54.2 Å². The standard InChI is InChI=1S/C21H20N2O7/c1-3-26-15-7-5-4-6-14(15)20-22-18(30-23-20)12-29-21(24)13-10-16(25-2)19-17(11-13)27-8-9-28-19/h4-7,10-11H,3,8-9,12H2,1-2H3. The Kier molecular flexibility index (Phi) is 5.69. The van der Waals surface area contributed by atoms with Crippen LogP contribution in [0.4, 0.5) is 0 Å². The number of esters is 1. The summed E-state index contributed by atoms with van der Waals surface area (Å²) in [5.41, 5.74) is 0.953. The molecule has 2 aromatic carbocycles. The first-order valence-corrected chi connectivity index (χ1v) is 9.39.